The SMILES string of the molecule is Cn1c(=O)c2c(nc(NN=Cc3ccc4c(c3)OCO4)n2C)n(C)c1=O. The van der Waals surface area contributed by atoms with Crippen molar-refractivity contribution in [3.05, 3.63) is 44.6 Å². The minimum absolute atomic E-state index is 0.210. The molecular weight excluding hydrogens is 340 g/mol. The molecule has 4 rings (SSSR count). The molecule has 0 bridgehead atoms. The van der Waals surface area contributed by atoms with E-state index in [2.05, 4.69) is 15.5 Å². The molecule has 10 heteroatoms. The number of anilines is 1. The van der Waals surface area contributed by atoms with E-state index < -0.39 is 11.2 Å². The summed E-state index contributed by atoms with van der Waals surface area (Å²) in [6.45, 7) is 0.210. The summed E-state index contributed by atoms with van der Waals surface area (Å²) in [6.07, 6.45) is 1.60. The molecule has 134 valence electrons. The second-order valence-corrected chi connectivity index (χ2v) is 5.86. The summed E-state index contributed by atoms with van der Waals surface area (Å²) in [5.74, 6) is 1.70. The standard InChI is InChI=1S/C16H16N6O4/c1-20-12-13(21(2)16(24)22(3)14(12)23)18-15(20)19-17-7-9-4-5-10-11(6-9)26-8-25-10/h4-7H,8H2,1-3H3,(H,18,19). The van der Waals surface area contributed by atoms with Crippen LogP contribution in [0.4, 0.5) is 5.95 Å². The number of fused-ring (bicyclic) bond motifs is 2. The molecule has 1 aromatic carbocycles. The van der Waals surface area contributed by atoms with Crippen LogP contribution in [0.2, 0.25) is 0 Å². The molecule has 0 unspecified atom stereocenters. The van der Waals surface area contributed by atoms with Crippen LogP contribution in [0.1, 0.15) is 5.56 Å². The summed E-state index contributed by atoms with van der Waals surface area (Å²) in [4.78, 5) is 28.7. The monoisotopic (exact) mass is 356 g/mol. The maximum atomic E-state index is 12.3. The highest BCUT2D eigenvalue weighted by Crippen LogP contribution is 2.31. The Balaban J connectivity index is 1.67. The molecule has 1 aliphatic rings. The smallest absolute Gasteiger partial charge is 0.332 e. The van der Waals surface area contributed by atoms with Gasteiger partial charge in [0.2, 0.25) is 12.7 Å². The summed E-state index contributed by atoms with van der Waals surface area (Å²) >= 11 is 0. The zero-order valence-corrected chi connectivity index (χ0v) is 14.4. The lowest BCUT2D eigenvalue weighted by atomic mass is 10.2. The zero-order chi connectivity index (χ0) is 18.4. The number of hydrazone groups is 1. The second kappa shape index (κ2) is 5.76. The van der Waals surface area contributed by atoms with E-state index in [4.69, 9.17) is 9.47 Å². The lowest BCUT2D eigenvalue weighted by Crippen LogP contribution is -2.37. The van der Waals surface area contributed by atoms with E-state index in [1.807, 2.05) is 12.1 Å². The highest BCUT2D eigenvalue weighted by molar-refractivity contribution is 5.82. The van der Waals surface area contributed by atoms with Crippen molar-refractivity contribution in [1.29, 1.82) is 0 Å². The first kappa shape index (κ1) is 15.9. The fourth-order valence-corrected chi connectivity index (χ4v) is 2.78. The Morgan fingerprint density at radius 1 is 1.12 bits per heavy atom. The van der Waals surface area contributed by atoms with Gasteiger partial charge in [0, 0.05) is 21.1 Å². The van der Waals surface area contributed by atoms with Gasteiger partial charge in [0.1, 0.15) is 0 Å². The molecule has 26 heavy (non-hydrogen) atoms. The van der Waals surface area contributed by atoms with Gasteiger partial charge in [0.05, 0.1) is 6.21 Å². The predicted molar refractivity (Wildman–Crippen MR) is 95.0 cm³/mol. The average molecular weight is 356 g/mol. The largest absolute Gasteiger partial charge is 0.454 e. The van der Waals surface area contributed by atoms with Crippen LogP contribution in [0.3, 0.4) is 0 Å². The van der Waals surface area contributed by atoms with E-state index in [0.29, 0.717) is 28.6 Å². The molecule has 2 aromatic heterocycles. The number of aromatic nitrogens is 4. The molecular formula is C16H16N6O4. The number of ether oxygens (including phenoxy) is 2. The number of nitrogens with one attached hydrogen (secondary N) is 1. The predicted octanol–water partition coefficient (Wildman–Crippen LogP) is 0.145. The summed E-state index contributed by atoms with van der Waals surface area (Å²) in [5, 5.41) is 4.15. The number of nitrogens with zero attached hydrogens (tertiary/aromatic N) is 5. The van der Waals surface area contributed by atoms with Crippen LogP contribution in [-0.4, -0.2) is 31.7 Å². The Kier molecular flexibility index (Phi) is 3.53. The van der Waals surface area contributed by atoms with Gasteiger partial charge >= 0.3 is 5.69 Å². The van der Waals surface area contributed by atoms with E-state index >= 15 is 0 Å². The van der Waals surface area contributed by atoms with E-state index in [0.717, 1.165) is 10.1 Å². The first-order valence-electron chi connectivity index (χ1n) is 7.78. The van der Waals surface area contributed by atoms with Gasteiger partial charge in [0.25, 0.3) is 5.56 Å². The highest BCUT2D eigenvalue weighted by atomic mass is 16.7. The van der Waals surface area contributed by atoms with Gasteiger partial charge in [-0.15, -0.1) is 0 Å². The Hall–Kier alpha value is -3.56. The van der Waals surface area contributed by atoms with Crippen molar-refractivity contribution in [1.82, 2.24) is 18.7 Å². The molecule has 10 nitrogen and oxygen atoms in total. The molecule has 0 spiro atoms. The van der Waals surface area contributed by atoms with Gasteiger partial charge in [-0.2, -0.15) is 10.1 Å². The van der Waals surface area contributed by atoms with Crippen molar-refractivity contribution in [3.8, 4) is 11.5 Å². The quantitative estimate of drug-likeness (QED) is 0.529. The van der Waals surface area contributed by atoms with Gasteiger partial charge < -0.3 is 14.0 Å². The minimum atomic E-state index is -0.434. The van der Waals surface area contributed by atoms with Crippen LogP contribution in [-0.2, 0) is 21.1 Å². The Morgan fingerprint density at radius 2 is 1.88 bits per heavy atom. The molecule has 3 heterocycles. The van der Waals surface area contributed by atoms with Crippen molar-refractivity contribution in [2.24, 2.45) is 26.2 Å². The number of hydrogen-bond acceptors (Lipinski definition) is 7. The molecule has 0 aliphatic carbocycles. The van der Waals surface area contributed by atoms with E-state index in [1.165, 1.54) is 11.6 Å². The lowest BCUT2D eigenvalue weighted by molar-refractivity contribution is 0.174. The van der Waals surface area contributed by atoms with Crippen molar-refractivity contribution in [2.75, 3.05) is 12.2 Å². The molecule has 0 saturated heterocycles. The fourth-order valence-electron chi connectivity index (χ4n) is 2.78. The summed E-state index contributed by atoms with van der Waals surface area (Å²) in [6, 6.07) is 5.45. The van der Waals surface area contributed by atoms with Gasteiger partial charge in [-0.1, -0.05) is 0 Å². The second-order valence-electron chi connectivity index (χ2n) is 5.86. The zero-order valence-electron chi connectivity index (χ0n) is 14.4. The molecule has 3 aromatic rings. The van der Waals surface area contributed by atoms with Crippen molar-refractivity contribution >= 4 is 23.3 Å². The third-order valence-electron chi connectivity index (χ3n) is 4.25. The number of hydrogen-bond donors (Lipinski definition) is 1. The molecule has 0 fully saturated rings. The first-order valence-corrected chi connectivity index (χ1v) is 7.78. The Bertz CT molecular complexity index is 1170. The van der Waals surface area contributed by atoms with Crippen LogP contribution in [0.25, 0.3) is 11.2 Å². The normalized spacial score (nSPS) is 13.0. The van der Waals surface area contributed by atoms with Crippen molar-refractivity contribution in [3.63, 3.8) is 0 Å². The number of aryl methyl sites for hydroxylation is 2. The fraction of sp³-hybridized carbons (Fsp3) is 0.250. The molecule has 0 saturated carbocycles. The highest BCUT2D eigenvalue weighted by Gasteiger charge is 2.16. The van der Waals surface area contributed by atoms with Crippen molar-refractivity contribution < 1.29 is 9.47 Å². The van der Waals surface area contributed by atoms with Gasteiger partial charge in [-0.05, 0) is 23.8 Å². The van der Waals surface area contributed by atoms with Crippen LogP contribution in [0.5, 0.6) is 11.5 Å². The van der Waals surface area contributed by atoms with E-state index in [-0.39, 0.29) is 6.79 Å². The van der Waals surface area contributed by atoms with Crippen LogP contribution in [0.15, 0.2) is 32.9 Å². The van der Waals surface area contributed by atoms with Gasteiger partial charge in [-0.25, -0.2) is 10.2 Å². The summed E-state index contributed by atoms with van der Waals surface area (Å²) in [5.41, 5.74) is 3.37. The molecule has 0 radical (unpaired) electrons. The minimum Gasteiger partial charge on any atom is -0.454 e. The summed E-state index contributed by atoms with van der Waals surface area (Å²) < 4.78 is 14.5. The molecule has 0 atom stereocenters. The Morgan fingerprint density at radius 3 is 2.69 bits per heavy atom. The van der Waals surface area contributed by atoms with Crippen LogP contribution < -0.4 is 26.1 Å². The third-order valence-corrected chi connectivity index (χ3v) is 4.25. The number of rotatable bonds is 3. The first-order chi connectivity index (χ1) is 12.5. The topological polar surface area (TPSA) is 105 Å². The number of imidazole rings is 1. The summed E-state index contributed by atoms with van der Waals surface area (Å²) in [7, 11) is 4.68. The van der Waals surface area contributed by atoms with Gasteiger partial charge in [-0.3, -0.25) is 13.9 Å². The maximum Gasteiger partial charge on any atom is 0.332 e. The maximum absolute atomic E-state index is 12.3. The molecule has 0 amide bonds. The average Bonchev–Trinajstić information content (AvgIpc) is 3.23. The lowest BCUT2D eigenvalue weighted by Gasteiger charge is -2.03. The van der Waals surface area contributed by atoms with Gasteiger partial charge in [0.15, 0.2) is 22.7 Å². The molecule has 1 aliphatic heterocycles. The Labute approximate surface area is 146 Å². The number of benzene rings is 1. The van der Waals surface area contributed by atoms with Crippen LogP contribution >= 0.6 is 0 Å². The van der Waals surface area contributed by atoms with E-state index in [1.54, 1.807) is 30.9 Å². The van der Waals surface area contributed by atoms with E-state index in [9.17, 15) is 9.59 Å². The van der Waals surface area contributed by atoms with Crippen LogP contribution in [0, 0.1) is 0 Å². The van der Waals surface area contributed by atoms with Crippen molar-refractivity contribution in [2.45, 2.75) is 0 Å². The molecule has 1 N–H and O–H groups in total. The third kappa shape index (κ3) is 2.34.